The molecule has 0 aromatic heterocycles. The van der Waals surface area contributed by atoms with Gasteiger partial charge in [-0.1, -0.05) is 37.4 Å². The van der Waals surface area contributed by atoms with Crippen molar-refractivity contribution in [2.45, 2.75) is 32.8 Å². The number of unbranched alkanes of at least 4 members (excludes halogenated alkanes) is 2. The largest absolute Gasteiger partial charge is 0.496 e. The van der Waals surface area contributed by atoms with Gasteiger partial charge < -0.3 is 14.8 Å². The van der Waals surface area contributed by atoms with Crippen molar-refractivity contribution in [3.63, 3.8) is 0 Å². The summed E-state index contributed by atoms with van der Waals surface area (Å²) in [6, 6.07) is 12.6. The van der Waals surface area contributed by atoms with Gasteiger partial charge in [0, 0.05) is 22.7 Å². The zero-order valence-corrected chi connectivity index (χ0v) is 15.4. The Labute approximate surface area is 154 Å². The monoisotopic (exact) mass is 361 g/mol. The zero-order chi connectivity index (χ0) is 18.1. The fourth-order valence-electron chi connectivity index (χ4n) is 2.43. The van der Waals surface area contributed by atoms with Crippen LogP contribution in [-0.4, -0.2) is 19.6 Å². The summed E-state index contributed by atoms with van der Waals surface area (Å²) in [5, 5.41) is 3.56. The van der Waals surface area contributed by atoms with Crippen LogP contribution in [0.15, 0.2) is 42.5 Å². The summed E-state index contributed by atoms with van der Waals surface area (Å²) in [4.78, 5) is 12.3. The number of ether oxygens (including phenoxy) is 2. The Bertz CT molecular complexity index is 703. The molecule has 5 heteroatoms. The predicted octanol–water partition coefficient (Wildman–Crippen LogP) is 4.85. The van der Waals surface area contributed by atoms with E-state index in [0.717, 1.165) is 24.8 Å². The molecule has 0 saturated carbocycles. The van der Waals surface area contributed by atoms with Gasteiger partial charge in [0.25, 0.3) is 5.91 Å². The molecule has 0 heterocycles. The van der Waals surface area contributed by atoms with Crippen LogP contribution in [0.1, 0.15) is 42.1 Å². The van der Waals surface area contributed by atoms with Gasteiger partial charge in [0.05, 0.1) is 7.11 Å². The van der Waals surface area contributed by atoms with Crippen molar-refractivity contribution in [2.75, 3.05) is 13.7 Å². The Morgan fingerprint density at radius 3 is 2.72 bits per heavy atom. The van der Waals surface area contributed by atoms with E-state index >= 15 is 0 Å². The molecular weight excluding hydrogens is 338 g/mol. The fourth-order valence-corrected chi connectivity index (χ4v) is 2.61. The molecule has 2 aromatic carbocycles. The number of amides is 1. The highest BCUT2D eigenvalue weighted by Crippen LogP contribution is 2.23. The minimum Gasteiger partial charge on any atom is -0.496 e. The molecule has 2 aromatic rings. The van der Waals surface area contributed by atoms with Gasteiger partial charge in [-0.05, 0) is 42.8 Å². The molecule has 0 unspecified atom stereocenters. The van der Waals surface area contributed by atoms with E-state index in [-0.39, 0.29) is 5.91 Å². The quantitative estimate of drug-likeness (QED) is 0.649. The zero-order valence-electron chi connectivity index (χ0n) is 14.7. The third-order valence-corrected chi connectivity index (χ3v) is 4.03. The molecule has 2 rings (SSSR count). The molecule has 134 valence electrons. The maximum Gasteiger partial charge on any atom is 0.251 e. The van der Waals surface area contributed by atoms with Gasteiger partial charge in [-0.3, -0.25) is 4.79 Å². The van der Waals surface area contributed by atoms with Gasteiger partial charge >= 0.3 is 0 Å². The lowest BCUT2D eigenvalue weighted by atomic mass is 10.1. The highest BCUT2D eigenvalue weighted by atomic mass is 35.5. The van der Waals surface area contributed by atoms with Crippen molar-refractivity contribution < 1.29 is 14.3 Å². The molecule has 0 radical (unpaired) electrons. The fraction of sp³-hybridized carbons (Fsp3) is 0.350. The summed E-state index contributed by atoms with van der Waals surface area (Å²) in [6.45, 7) is 3.12. The van der Waals surface area contributed by atoms with E-state index in [4.69, 9.17) is 21.1 Å². The molecule has 0 aliphatic rings. The lowest BCUT2D eigenvalue weighted by molar-refractivity contribution is 0.0952. The smallest absolute Gasteiger partial charge is 0.251 e. The van der Waals surface area contributed by atoms with Crippen molar-refractivity contribution >= 4 is 17.5 Å². The molecule has 4 nitrogen and oxygen atoms in total. The topological polar surface area (TPSA) is 47.6 Å². The number of halogens is 1. The molecule has 1 N–H and O–H groups in total. The number of rotatable bonds is 9. The molecular formula is C20H24ClNO3. The standard InChI is InChI=1S/C20H24ClNO3/c1-3-4-5-11-22-20(23)15-9-10-19(24-2)16(12-15)14-25-18-8-6-7-17(21)13-18/h6-10,12-13H,3-5,11,14H2,1-2H3,(H,22,23). The predicted molar refractivity (Wildman–Crippen MR) is 101 cm³/mol. The van der Waals surface area contributed by atoms with Crippen LogP contribution in [0.5, 0.6) is 11.5 Å². The maximum atomic E-state index is 12.3. The third kappa shape index (κ3) is 5.98. The van der Waals surface area contributed by atoms with Gasteiger partial charge in [0.1, 0.15) is 18.1 Å². The Kier molecular flexibility index (Phi) is 7.61. The van der Waals surface area contributed by atoms with Crippen LogP contribution in [-0.2, 0) is 6.61 Å². The third-order valence-electron chi connectivity index (χ3n) is 3.80. The first kappa shape index (κ1) is 19.1. The van der Waals surface area contributed by atoms with E-state index in [1.807, 2.05) is 12.1 Å². The Morgan fingerprint density at radius 1 is 1.16 bits per heavy atom. The van der Waals surface area contributed by atoms with E-state index < -0.39 is 0 Å². The van der Waals surface area contributed by atoms with Crippen molar-refractivity contribution in [3.05, 3.63) is 58.6 Å². The lowest BCUT2D eigenvalue weighted by Gasteiger charge is -2.12. The van der Waals surface area contributed by atoms with Crippen LogP contribution < -0.4 is 14.8 Å². The first-order valence-electron chi connectivity index (χ1n) is 8.47. The molecule has 0 bridgehead atoms. The van der Waals surface area contributed by atoms with E-state index in [1.54, 1.807) is 37.4 Å². The minimum atomic E-state index is -0.0808. The van der Waals surface area contributed by atoms with E-state index in [2.05, 4.69) is 12.2 Å². The highest BCUT2D eigenvalue weighted by molar-refractivity contribution is 6.30. The molecule has 0 atom stereocenters. The van der Waals surface area contributed by atoms with Crippen molar-refractivity contribution in [2.24, 2.45) is 0 Å². The van der Waals surface area contributed by atoms with Gasteiger partial charge in [0.15, 0.2) is 0 Å². The normalized spacial score (nSPS) is 10.4. The Hall–Kier alpha value is -2.20. The second kappa shape index (κ2) is 9.94. The number of hydrogen-bond donors (Lipinski definition) is 1. The van der Waals surface area contributed by atoms with Crippen LogP contribution in [0.25, 0.3) is 0 Å². The Morgan fingerprint density at radius 2 is 2.00 bits per heavy atom. The van der Waals surface area contributed by atoms with Crippen LogP contribution >= 0.6 is 11.6 Å². The molecule has 0 saturated heterocycles. The number of carbonyl (C=O) groups is 1. The van der Waals surface area contributed by atoms with Gasteiger partial charge in [-0.15, -0.1) is 0 Å². The van der Waals surface area contributed by atoms with E-state index in [1.165, 1.54) is 0 Å². The summed E-state index contributed by atoms with van der Waals surface area (Å²) < 4.78 is 11.1. The van der Waals surface area contributed by atoms with Gasteiger partial charge in [0.2, 0.25) is 0 Å². The van der Waals surface area contributed by atoms with Crippen LogP contribution in [0.4, 0.5) is 0 Å². The summed E-state index contributed by atoms with van der Waals surface area (Å²) in [6.07, 6.45) is 3.23. The summed E-state index contributed by atoms with van der Waals surface area (Å²) in [5.41, 5.74) is 1.41. The lowest BCUT2D eigenvalue weighted by Crippen LogP contribution is -2.24. The van der Waals surface area contributed by atoms with Gasteiger partial charge in [-0.2, -0.15) is 0 Å². The molecule has 1 amide bonds. The van der Waals surface area contributed by atoms with Crippen LogP contribution in [0.2, 0.25) is 5.02 Å². The van der Waals surface area contributed by atoms with E-state index in [0.29, 0.717) is 35.2 Å². The molecule has 0 aliphatic heterocycles. The first-order chi connectivity index (χ1) is 12.1. The highest BCUT2D eigenvalue weighted by Gasteiger charge is 2.11. The summed E-state index contributed by atoms with van der Waals surface area (Å²) >= 11 is 5.97. The van der Waals surface area contributed by atoms with Crippen molar-refractivity contribution in [3.8, 4) is 11.5 Å². The van der Waals surface area contributed by atoms with Crippen LogP contribution in [0, 0.1) is 0 Å². The first-order valence-corrected chi connectivity index (χ1v) is 8.85. The van der Waals surface area contributed by atoms with Crippen molar-refractivity contribution in [1.82, 2.24) is 5.32 Å². The molecule has 0 fully saturated rings. The van der Waals surface area contributed by atoms with Crippen LogP contribution in [0.3, 0.4) is 0 Å². The maximum absolute atomic E-state index is 12.3. The average molecular weight is 362 g/mol. The number of methoxy groups -OCH3 is 1. The Balaban J connectivity index is 2.04. The van der Waals surface area contributed by atoms with Gasteiger partial charge in [-0.25, -0.2) is 0 Å². The molecule has 25 heavy (non-hydrogen) atoms. The number of benzene rings is 2. The SMILES string of the molecule is CCCCCNC(=O)c1ccc(OC)c(COc2cccc(Cl)c2)c1. The second-order valence-corrected chi connectivity index (χ2v) is 6.17. The number of nitrogens with one attached hydrogen (secondary N) is 1. The molecule has 0 spiro atoms. The number of carbonyl (C=O) groups excluding carboxylic acids is 1. The summed E-state index contributed by atoms with van der Waals surface area (Å²) in [5.74, 6) is 1.27. The summed E-state index contributed by atoms with van der Waals surface area (Å²) in [7, 11) is 1.60. The van der Waals surface area contributed by atoms with Crippen molar-refractivity contribution in [1.29, 1.82) is 0 Å². The average Bonchev–Trinajstić information content (AvgIpc) is 2.63. The second-order valence-electron chi connectivity index (χ2n) is 5.74. The minimum absolute atomic E-state index is 0.0808. The molecule has 0 aliphatic carbocycles. The number of hydrogen-bond acceptors (Lipinski definition) is 3. The van der Waals surface area contributed by atoms with E-state index in [9.17, 15) is 4.79 Å².